The minimum Gasteiger partial charge on any atom is -0.469 e. The van der Waals surface area contributed by atoms with Crippen LogP contribution in [-0.2, 0) is 9.53 Å². The molecule has 0 spiro atoms. The molecule has 1 fully saturated rings. The van der Waals surface area contributed by atoms with Crippen LogP contribution in [0.25, 0.3) is 0 Å². The quantitative estimate of drug-likeness (QED) is 0.841. The molecular weight excluding hydrogens is 240 g/mol. The normalized spacial score (nSPS) is 19.3. The highest BCUT2D eigenvalue weighted by molar-refractivity contribution is 5.70. The van der Waals surface area contributed by atoms with Gasteiger partial charge in [0.1, 0.15) is 0 Å². The molecule has 1 saturated heterocycles. The van der Waals surface area contributed by atoms with Crippen LogP contribution in [-0.4, -0.2) is 38.8 Å². The second-order valence-electron chi connectivity index (χ2n) is 5.17. The van der Waals surface area contributed by atoms with Crippen molar-refractivity contribution < 1.29 is 9.53 Å². The molecule has 1 aliphatic heterocycles. The zero-order valence-electron chi connectivity index (χ0n) is 11.9. The van der Waals surface area contributed by atoms with E-state index in [1.165, 1.54) is 23.9 Å². The van der Waals surface area contributed by atoms with E-state index in [-0.39, 0.29) is 12.0 Å². The molecule has 0 saturated carbocycles. The zero-order chi connectivity index (χ0) is 13.8. The van der Waals surface area contributed by atoms with E-state index in [1.807, 2.05) is 0 Å². The van der Waals surface area contributed by atoms with Gasteiger partial charge in [-0.1, -0.05) is 17.7 Å². The molecule has 4 heteroatoms. The van der Waals surface area contributed by atoms with Crippen molar-refractivity contribution in [2.75, 3.05) is 31.6 Å². The van der Waals surface area contributed by atoms with Gasteiger partial charge in [0.2, 0.25) is 0 Å². The molecule has 1 heterocycles. The molecule has 2 rings (SSSR count). The molecule has 1 N–H and O–H groups in total. The second kappa shape index (κ2) is 6.06. The smallest absolute Gasteiger partial charge is 0.307 e. The number of piperazine rings is 1. The third-order valence-corrected chi connectivity index (χ3v) is 3.59. The van der Waals surface area contributed by atoms with Gasteiger partial charge in [-0.3, -0.25) is 4.79 Å². The van der Waals surface area contributed by atoms with Crippen molar-refractivity contribution >= 4 is 11.7 Å². The lowest BCUT2D eigenvalue weighted by molar-refractivity contribution is -0.141. The van der Waals surface area contributed by atoms with Crippen LogP contribution >= 0.6 is 0 Å². The molecule has 1 aromatic carbocycles. The molecule has 0 amide bonds. The number of esters is 1. The highest BCUT2D eigenvalue weighted by Gasteiger charge is 2.22. The average Bonchev–Trinajstić information content (AvgIpc) is 2.39. The third kappa shape index (κ3) is 3.47. The van der Waals surface area contributed by atoms with Crippen molar-refractivity contribution in [3.8, 4) is 0 Å². The van der Waals surface area contributed by atoms with Crippen LogP contribution in [0, 0.1) is 13.8 Å². The summed E-state index contributed by atoms with van der Waals surface area (Å²) < 4.78 is 4.74. The first-order valence-electron chi connectivity index (χ1n) is 6.72. The van der Waals surface area contributed by atoms with E-state index in [1.54, 1.807) is 0 Å². The van der Waals surface area contributed by atoms with Gasteiger partial charge in [-0.05, 0) is 25.5 Å². The standard InChI is InChI=1S/C15H22N2O2/c1-11-4-5-14(12(2)8-11)17-7-6-16-13(10-17)9-15(18)19-3/h4-5,8,13,16H,6-7,9-10H2,1-3H3. The fourth-order valence-corrected chi connectivity index (χ4v) is 2.63. The lowest BCUT2D eigenvalue weighted by Gasteiger charge is -2.35. The number of rotatable bonds is 3. The van der Waals surface area contributed by atoms with Crippen molar-refractivity contribution in [1.29, 1.82) is 0 Å². The first-order valence-corrected chi connectivity index (χ1v) is 6.72. The van der Waals surface area contributed by atoms with Gasteiger partial charge in [-0.2, -0.15) is 0 Å². The van der Waals surface area contributed by atoms with Crippen molar-refractivity contribution in [2.24, 2.45) is 0 Å². The van der Waals surface area contributed by atoms with E-state index < -0.39 is 0 Å². The van der Waals surface area contributed by atoms with Gasteiger partial charge < -0.3 is 15.0 Å². The summed E-state index contributed by atoms with van der Waals surface area (Å²) in [5.74, 6) is -0.153. The third-order valence-electron chi connectivity index (χ3n) is 3.59. The number of hydrogen-bond donors (Lipinski definition) is 1. The first kappa shape index (κ1) is 13.9. The maximum atomic E-state index is 11.4. The Morgan fingerprint density at radius 3 is 2.95 bits per heavy atom. The van der Waals surface area contributed by atoms with Gasteiger partial charge in [0, 0.05) is 31.4 Å². The van der Waals surface area contributed by atoms with E-state index in [9.17, 15) is 4.79 Å². The van der Waals surface area contributed by atoms with Gasteiger partial charge in [0.25, 0.3) is 0 Å². The molecule has 1 aromatic rings. The predicted molar refractivity (Wildman–Crippen MR) is 76.6 cm³/mol. The topological polar surface area (TPSA) is 41.6 Å². The SMILES string of the molecule is COC(=O)CC1CN(c2ccc(C)cc2C)CCN1. The number of ether oxygens (including phenoxy) is 1. The Hall–Kier alpha value is -1.55. The van der Waals surface area contributed by atoms with Crippen molar-refractivity contribution in [3.63, 3.8) is 0 Å². The maximum absolute atomic E-state index is 11.4. The Bertz CT molecular complexity index is 459. The largest absolute Gasteiger partial charge is 0.469 e. The van der Waals surface area contributed by atoms with Gasteiger partial charge in [0.05, 0.1) is 13.5 Å². The van der Waals surface area contributed by atoms with E-state index in [0.717, 1.165) is 19.6 Å². The number of nitrogens with one attached hydrogen (secondary N) is 1. The van der Waals surface area contributed by atoms with Crippen LogP contribution in [0.3, 0.4) is 0 Å². The summed E-state index contributed by atoms with van der Waals surface area (Å²) >= 11 is 0. The molecule has 4 nitrogen and oxygen atoms in total. The van der Waals surface area contributed by atoms with Crippen LogP contribution in [0.5, 0.6) is 0 Å². The number of carbonyl (C=O) groups excluding carboxylic acids is 1. The Labute approximate surface area is 114 Å². The molecule has 19 heavy (non-hydrogen) atoms. The summed E-state index contributed by atoms with van der Waals surface area (Å²) in [7, 11) is 1.44. The summed E-state index contributed by atoms with van der Waals surface area (Å²) in [6.45, 7) is 6.96. The summed E-state index contributed by atoms with van der Waals surface area (Å²) in [4.78, 5) is 13.7. The van der Waals surface area contributed by atoms with Gasteiger partial charge in [-0.25, -0.2) is 0 Å². The minimum absolute atomic E-state index is 0.153. The Morgan fingerprint density at radius 1 is 1.47 bits per heavy atom. The summed E-state index contributed by atoms with van der Waals surface area (Å²) in [5.41, 5.74) is 3.84. The number of aryl methyl sites for hydroxylation is 2. The van der Waals surface area contributed by atoms with E-state index in [0.29, 0.717) is 6.42 Å². The van der Waals surface area contributed by atoms with Gasteiger partial charge >= 0.3 is 5.97 Å². The molecule has 1 unspecified atom stereocenters. The fourth-order valence-electron chi connectivity index (χ4n) is 2.63. The molecule has 0 aliphatic carbocycles. The monoisotopic (exact) mass is 262 g/mol. The average molecular weight is 262 g/mol. The summed E-state index contributed by atoms with van der Waals surface area (Å²) in [5, 5.41) is 3.37. The number of anilines is 1. The van der Waals surface area contributed by atoms with Gasteiger partial charge in [-0.15, -0.1) is 0 Å². The zero-order valence-corrected chi connectivity index (χ0v) is 11.9. The van der Waals surface area contributed by atoms with Crippen molar-refractivity contribution in [3.05, 3.63) is 29.3 Å². The number of methoxy groups -OCH3 is 1. The lowest BCUT2D eigenvalue weighted by Crippen LogP contribution is -2.51. The number of benzene rings is 1. The fraction of sp³-hybridized carbons (Fsp3) is 0.533. The molecule has 104 valence electrons. The number of carbonyl (C=O) groups is 1. The van der Waals surface area contributed by atoms with Crippen LogP contribution in [0.1, 0.15) is 17.5 Å². The Kier molecular flexibility index (Phi) is 4.43. The van der Waals surface area contributed by atoms with E-state index >= 15 is 0 Å². The Morgan fingerprint density at radius 2 is 2.26 bits per heavy atom. The minimum atomic E-state index is -0.153. The van der Waals surface area contributed by atoms with Crippen molar-refractivity contribution in [1.82, 2.24) is 5.32 Å². The van der Waals surface area contributed by atoms with E-state index in [4.69, 9.17) is 4.74 Å². The number of nitrogens with zero attached hydrogens (tertiary/aromatic N) is 1. The molecule has 1 atom stereocenters. The molecule has 0 aromatic heterocycles. The Balaban J connectivity index is 2.06. The molecule has 0 radical (unpaired) electrons. The van der Waals surface area contributed by atoms with Crippen LogP contribution in [0.15, 0.2) is 18.2 Å². The van der Waals surface area contributed by atoms with Crippen LogP contribution in [0.2, 0.25) is 0 Å². The highest BCUT2D eigenvalue weighted by Crippen LogP contribution is 2.22. The highest BCUT2D eigenvalue weighted by atomic mass is 16.5. The summed E-state index contributed by atoms with van der Waals surface area (Å²) in [6.07, 6.45) is 0.428. The predicted octanol–water partition coefficient (Wildman–Crippen LogP) is 1.64. The van der Waals surface area contributed by atoms with E-state index in [2.05, 4.69) is 42.3 Å². The molecular formula is C15H22N2O2. The van der Waals surface area contributed by atoms with Crippen LogP contribution in [0.4, 0.5) is 5.69 Å². The molecule has 0 bridgehead atoms. The van der Waals surface area contributed by atoms with Crippen LogP contribution < -0.4 is 10.2 Å². The summed E-state index contributed by atoms with van der Waals surface area (Å²) in [6, 6.07) is 6.68. The maximum Gasteiger partial charge on any atom is 0.307 e. The molecule has 1 aliphatic rings. The second-order valence-corrected chi connectivity index (χ2v) is 5.17. The lowest BCUT2D eigenvalue weighted by atomic mass is 10.1. The first-order chi connectivity index (χ1) is 9.10. The number of hydrogen-bond acceptors (Lipinski definition) is 4. The van der Waals surface area contributed by atoms with Gasteiger partial charge in [0.15, 0.2) is 0 Å². The van der Waals surface area contributed by atoms with Crippen molar-refractivity contribution in [2.45, 2.75) is 26.3 Å².